The second-order valence-corrected chi connectivity index (χ2v) is 9.38. The Morgan fingerprint density at radius 3 is 2.84 bits per heavy atom. The Kier molecular flexibility index (Phi) is 8.54. The van der Waals surface area contributed by atoms with Crippen LogP contribution < -0.4 is 10.9 Å². The summed E-state index contributed by atoms with van der Waals surface area (Å²) < 4.78 is 6.81. The lowest BCUT2D eigenvalue weighted by atomic mass is 10.1. The van der Waals surface area contributed by atoms with Crippen LogP contribution in [0.2, 0.25) is 5.02 Å². The van der Waals surface area contributed by atoms with Crippen LogP contribution in [0, 0.1) is 0 Å². The predicted octanol–water partition coefficient (Wildman–Crippen LogP) is 4.82. The van der Waals surface area contributed by atoms with Crippen molar-refractivity contribution in [2.45, 2.75) is 44.4 Å². The first-order valence-corrected chi connectivity index (χ1v) is 12.4. The summed E-state index contributed by atoms with van der Waals surface area (Å²) in [5.41, 5.74) is 1.47. The molecule has 0 saturated carbocycles. The Balaban J connectivity index is 2.00. The highest BCUT2D eigenvalue weighted by atomic mass is 35.5. The third-order valence-electron chi connectivity index (χ3n) is 4.91. The van der Waals surface area contributed by atoms with Gasteiger partial charge in [0.15, 0.2) is 5.16 Å². The van der Waals surface area contributed by atoms with Crippen LogP contribution in [0.25, 0.3) is 21.3 Å². The number of carbonyl (C=O) groups excluding carboxylic acids is 1. The van der Waals surface area contributed by atoms with Gasteiger partial charge in [-0.05, 0) is 25.8 Å². The predicted molar refractivity (Wildman–Crippen MR) is 129 cm³/mol. The largest absolute Gasteiger partial charge is 0.385 e. The molecule has 3 aromatic rings. The van der Waals surface area contributed by atoms with Gasteiger partial charge in [-0.2, -0.15) is 0 Å². The molecule has 0 fully saturated rings. The molecule has 2 heterocycles. The highest BCUT2D eigenvalue weighted by Gasteiger charge is 2.19. The Bertz CT molecular complexity index is 1110. The molecule has 1 atom stereocenters. The Hall–Kier alpha value is -1.87. The highest BCUT2D eigenvalue weighted by Crippen LogP contribution is 2.35. The zero-order chi connectivity index (χ0) is 22.4. The van der Waals surface area contributed by atoms with E-state index in [1.54, 1.807) is 11.7 Å². The number of nitrogens with one attached hydrogen (secondary N) is 1. The van der Waals surface area contributed by atoms with E-state index < -0.39 is 0 Å². The number of hydrogen-bond donors (Lipinski definition) is 1. The van der Waals surface area contributed by atoms with Crippen molar-refractivity contribution >= 4 is 50.8 Å². The van der Waals surface area contributed by atoms with E-state index in [0.717, 1.165) is 17.5 Å². The van der Waals surface area contributed by atoms with E-state index in [0.29, 0.717) is 40.0 Å². The van der Waals surface area contributed by atoms with E-state index in [4.69, 9.17) is 21.3 Å². The second-order valence-electron chi connectivity index (χ2n) is 7.17. The van der Waals surface area contributed by atoms with Gasteiger partial charge in [0.2, 0.25) is 5.91 Å². The van der Waals surface area contributed by atoms with Crippen molar-refractivity contribution in [3.63, 3.8) is 0 Å². The second kappa shape index (κ2) is 11.1. The first-order chi connectivity index (χ1) is 15.0. The first-order valence-electron chi connectivity index (χ1n) is 10.1. The average molecular weight is 480 g/mol. The Morgan fingerprint density at radius 2 is 2.13 bits per heavy atom. The normalized spacial score (nSPS) is 12.3. The summed E-state index contributed by atoms with van der Waals surface area (Å²) >= 11 is 9.08. The number of ether oxygens (including phenoxy) is 1. The van der Waals surface area contributed by atoms with Crippen LogP contribution in [0.3, 0.4) is 0 Å². The monoisotopic (exact) mass is 479 g/mol. The van der Waals surface area contributed by atoms with E-state index in [-0.39, 0.29) is 23.3 Å². The number of fused-ring (bicyclic) bond motifs is 1. The molecule has 1 aromatic carbocycles. The smallest absolute Gasteiger partial charge is 0.263 e. The number of carbonyl (C=O) groups is 1. The topological polar surface area (TPSA) is 73.2 Å². The van der Waals surface area contributed by atoms with E-state index in [2.05, 4.69) is 5.32 Å². The number of methoxy groups -OCH3 is 1. The number of amides is 1. The molecule has 0 saturated heterocycles. The van der Waals surface area contributed by atoms with Crippen LogP contribution in [0.15, 0.2) is 39.6 Å². The number of thioether (sulfide) groups is 1. The standard InChI is InChI=1S/C22H26ClN3O3S2/c1-4-14(2)24-18(27)13-31-22-25-20-19(21(28)26(22)10-7-11-29-3)16(12-30-20)15-8-5-6-9-17(15)23/h5-6,8-9,12,14H,4,7,10-11,13H2,1-3H3,(H,24,27). The third-order valence-corrected chi connectivity index (χ3v) is 7.08. The number of halogens is 1. The number of rotatable bonds is 10. The van der Waals surface area contributed by atoms with Crippen molar-refractivity contribution < 1.29 is 9.53 Å². The van der Waals surface area contributed by atoms with E-state index in [1.807, 2.05) is 43.5 Å². The van der Waals surface area contributed by atoms with Crippen LogP contribution in [0.1, 0.15) is 26.7 Å². The maximum absolute atomic E-state index is 13.5. The van der Waals surface area contributed by atoms with Gasteiger partial charge in [0.05, 0.1) is 11.1 Å². The molecule has 0 aliphatic heterocycles. The molecule has 31 heavy (non-hydrogen) atoms. The number of benzene rings is 1. The summed E-state index contributed by atoms with van der Waals surface area (Å²) in [5.74, 6) is 0.134. The molecule has 1 unspecified atom stereocenters. The van der Waals surface area contributed by atoms with Gasteiger partial charge in [-0.15, -0.1) is 11.3 Å². The first kappa shape index (κ1) is 23.8. The van der Waals surface area contributed by atoms with Crippen LogP contribution in [0.5, 0.6) is 0 Å². The van der Waals surface area contributed by atoms with E-state index >= 15 is 0 Å². The lowest BCUT2D eigenvalue weighted by molar-refractivity contribution is -0.119. The Labute approximate surface area is 195 Å². The zero-order valence-electron chi connectivity index (χ0n) is 17.8. The molecule has 166 valence electrons. The molecule has 0 aliphatic carbocycles. The molecular weight excluding hydrogens is 454 g/mol. The molecular formula is C22H26ClN3O3S2. The van der Waals surface area contributed by atoms with Crippen LogP contribution in [-0.2, 0) is 16.1 Å². The zero-order valence-corrected chi connectivity index (χ0v) is 20.2. The minimum Gasteiger partial charge on any atom is -0.385 e. The third kappa shape index (κ3) is 5.68. The van der Waals surface area contributed by atoms with Crippen molar-refractivity contribution in [2.24, 2.45) is 0 Å². The fourth-order valence-corrected chi connectivity index (χ4v) is 5.16. The molecule has 6 nitrogen and oxygen atoms in total. The summed E-state index contributed by atoms with van der Waals surface area (Å²) in [6.45, 7) is 4.98. The number of hydrogen-bond acceptors (Lipinski definition) is 6. The van der Waals surface area contributed by atoms with Crippen LogP contribution >= 0.6 is 34.7 Å². The van der Waals surface area contributed by atoms with Crippen molar-refractivity contribution in [2.75, 3.05) is 19.5 Å². The van der Waals surface area contributed by atoms with Crippen molar-refractivity contribution in [1.82, 2.24) is 14.9 Å². The molecule has 3 rings (SSSR count). The van der Waals surface area contributed by atoms with Crippen molar-refractivity contribution in [3.8, 4) is 11.1 Å². The van der Waals surface area contributed by atoms with Gasteiger partial charge in [-0.1, -0.05) is 48.5 Å². The van der Waals surface area contributed by atoms with Gasteiger partial charge >= 0.3 is 0 Å². The van der Waals surface area contributed by atoms with Gasteiger partial charge in [0, 0.05) is 47.8 Å². The molecule has 1 amide bonds. The van der Waals surface area contributed by atoms with Gasteiger partial charge in [-0.3, -0.25) is 14.2 Å². The van der Waals surface area contributed by atoms with Gasteiger partial charge in [-0.25, -0.2) is 4.98 Å². The van der Waals surface area contributed by atoms with Gasteiger partial charge < -0.3 is 10.1 Å². The minimum atomic E-state index is -0.123. The lowest BCUT2D eigenvalue weighted by Crippen LogP contribution is -2.33. The SMILES string of the molecule is CCC(C)NC(=O)CSc1nc2scc(-c3ccccc3Cl)c2c(=O)n1CCCOC. The Morgan fingerprint density at radius 1 is 1.35 bits per heavy atom. The van der Waals surface area contributed by atoms with Crippen LogP contribution in [0.4, 0.5) is 0 Å². The maximum Gasteiger partial charge on any atom is 0.263 e. The fraction of sp³-hybridized carbons (Fsp3) is 0.409. The van der Waals surface area contributed by atoms with Gasteiger partial charge in [0.25, 0.3) is 5.56 Å². The molecule has 0 bridgehead atoms. The summed E-state index contributed by atoms with van der Waals surface area (Å²) in [5, 5.41) is 6.56. The van der Waals surface area contributed by atoms with Crippen LogP contribution in [-0.4, -0.2) is 41.0 Å². The number of aromatic nitrogens is 2. The average Bonchev–Trinajstić information content (AvgIpc) is 3.18. The van der Waals surface area contributed by atoms with Gasteiger partial charge in [0.1, 0.15) is 4.83 Å². The van der Waals surface area contributed by atoms with Crippen molar-refractivity contribution in [3.05, 3.63) is 45.0 Å². The van der Waals surface area contributed by atoms with E-state index in [9.17, 15) is 9.59 Å². The summed E-state index contributed by atoms with van der Waals surface area (Å²) in [7, 11) is 1.63. The van der Waals surface area contributed by atoms with E-state index in [1.165, 1.54) is 23.1 Å². The number of thiophene rings is 1. The molecule has 2 aromatic heterocycles. The molecule has 0 spiro atoms. The maximum atomic E-state index is 13.5. The number of nitrogens with zero attached hydrogens (tertiary/aromatic N) is 2. The molecule has 0 radical (unpaired) electrons. The van der Waals surface area contributed by atoms with Crippen molar-refractivity contribution in [1.29, 1.82) is 0 Å². The summed E-state index contributed by atoms with van der Waals surface area (Å²) in [4.78, 5) is 31.2. The highest BCUT2D eigenvalue weighted by molar-refractivity contribution is 7.99. The molecule has 0 aliphatic rings. The summed E-state index contributed by atoms with van der Waals surface area (Å²) in [6, 6.07) is 7.59. The molecule has 1 N–H and O–H groups in total. The quantitative estimate of drug-likeness (QED) is 0.256. The fourth-order valence-electron chi connectivity index (χ4n) is 3.11. The molecule has 9 heteroatoms. The lowest BCUT2D eigenvalue weighted by Gasteiger charge is -2.14. The summed E-state index contributed by atoms with van der Waals surface area (Å²) in [6.07, 6.45) is 1.53. The minimum absolute atomic E-state index is 0.0694.